The van der Waals surface area contributed by atoms with Crippen molar-refractivity contribution in [1.82, 2.24) is 0 Å². The number of rotatable bonds is 18. The topological polar surface area (TPSA) is 145 Å². The molecule has 0 saturated carbocycles. The van der Waals surface area contributed by atoms with Gasteiger partial charge in [0, 0.05) is 37.1 Å². The van der Waals surface area contributed by atoms with Crippen LogP contribution in [-0.2, 0) is 17.4 Å². The maximum Gasteiger partial charge on any atom is 0.584 e. The third-order valence-electron chi connectivity index (χ3n) is 7.49. The van der Waals surface area contributed by atoms with Crippen LogP contribution in [0, 0.1) is 0 Å². The van der Waals surface area contributed by atoms with Crippen LogP contribution < -0.4 is 37.5 Å². The number of hydrogen-bond donors (Lipinski definition) is 1. The standard InChI is InChI=1S/C36H39O12P/c1-41-27-15-23(16-28(19-27)42-2)7-13-33(37)31-11-9-25(21-35(31)45-5)47-49(39,40)48-26-10-12-32(36(22-26)46-6)34(38)14-8-24-17-29(43-3)20-30(18-24)44-4/h9-12,15-22H,7-8,13-14H2,1-6H3,(H,39,40). The van der Waals surface area contributed by atoms with E-state index in [4.69, 9.17) is 37.5 Å². The van der Waals surface area contributed by atoms with Gasteiger partial charge in [-0.15, -0.1) is 0 Å². The predicted molar refractivity (Wildman–Crippen MR) is 181 cm³/mol. The molecule has 0 radical (unpaired) electrons. The fourth-order valence-electron chi connectivity index (χ4n) is 5.01. The lowest BCUT2D eigenvalue weighted by atomic mass is 10.0. The zero-order valence-corrected chi connectivity index (χ0v) is 29.0. The molecule has 0 aromatic heterocycles. The van der Waals surface area contributed by atoms with Gasteiger partial charge in [-0.05, 0) is 72.5 Å². The van der Waals surface area contributed by atoms with Gasteiger partial charge in [-0.3, -0.25) is 14.5 Å². The van der Waals surface area contributed by atoms with E-state index >= 15 is 0 Å². The Hall–Kier alpha value is -5.19. The summed E-state index contributed by atoms with van der Waals surface area (Å²) in [5.41, 5.74) is 2.25. The highest BCUT2D eigenvalue weighted by molar-refractivity contribution is 7.48. The lowest BCUT2D eigenvalue weighted by Crippen LogP contribution is -2.06. The summed E-state index contributed by atoms with van der Waals surface area (Å²) in [7, 11) is 4.21. The number of carbonyl (C=O) groups excluding carboxylic acids is 2. The van der Waals surface area contributed by atoms with E-state index in [1.165, 1.54) is 50.6 Å². The largest absolute Gasteiger partial charge is 0.584 e. The van der Waals surface area contributed by atoms with Crippen molar-refractivity contribution >= 4 is 19.4 Å². The molecule has 0 saturated heterocycles. The first-order valence-corrected chi connectivity index (χ1v) is 16.6. The SMILES string of the molecule is COc1cc(CCC(=O)c2ccc(OP(=O)(O)Oc3ccc(C(=O)CCc4cc(OC)cc(OC)c4)c(OC)c3)cc2OC)cc(OC)c1. The molecule has 4 aromatic carbocycles. The number of hydrogen-bond acceptors (Lipinski definition) is 11. The summed E-state index contributed by atoms with van der Waals surface area (Å²) in [6, 6.07) is 19.1. The van der Waals surface area contributed by atoms with Crippen LogP contribution in [0.15, 0.2) is 72.8 Å². The van der Waals surface area contributed by atoms with Gasteiger partial charge in [0.2, 0.25) is 0 Å². The van der Waals surface area contributed by atoms with E-state index in [2.05, 4.69) is 0 Å². The molecular formula is C36H39O12P. The van der Waals surface area contributed by atoms with Gasteiger partial charge in [-0.2, -0.15) is 0 Å². The molecule has 0 aliphatic heterocycles. The maximum absolute atomic E-state index is 13.1. The van der Waals surface area contributed by atoms with Crippen molar-refractivity contribution in [2.75, 3.05) is 42.7 Å². The molecule has 0 unspecified atom stereocenters. The minimum absolute atomic E-state index is 0.0651. The van der Waals surface area contributed by atoms with Crippen LogP contribution in [0.4, 0.5) is 0 Å². The Labute approximate surface area is 285 Å². The summed E-state index contributed by atoms with van der Waals surface area (Å²) in [5, 5.41) is 0. The van der Waals surface area contributed by atoms with Gasteiger partial charge < -0.3 is 37.5 Å². The van der Waals surface area contributed by atoms with Gasteiger partial charge in [0.05, 0.1) is 53.8 Å². The van der Waals surface area contributed by atoms with E-state index in [1.807, 2.05) is 24.3 Å². The number of benzene rings is 4. The van der Waals surface area contributed by atoms with Gasteiger partial charge in [0.25, 0.3) is 0 Å². The van der Waals surface area contributed by atoms with Crippen molar-refractivity contribution in [3.05, 3.63) is 95.1 Å². The Kier molecular flexibility index (Phi) is 12.5. The third kappa shape index (κ3) is 9.91. The Morgan fingerprint density at radius 2 is 0.857 bits per heavy atom. The predicted octanol–water partition coefficient (Wildman–Crippen LogP) is 6.93. The highest BCUT2D eigenvalue weighted by Gasteiger charge is 2.27. The molecule has 4 aromatic rings. The zero-order valence-electron chi connectivity index (χ0n) is 28.1. The maximum atomic E-state index is 13.1. The summed E-state index contributed by atoms with van der Waals surface area (Å²) in [5.74, 6) is 2.21. The summed E-state index contributed by atoms with van der Waals surface area (Å²) >= 11 is 0. The number of phosphoric acid groups is 1. The van der Waals surface area contributed by atoms with Crippen LogP contribution in [0.2, 0.25) is 0 Å². The molecule has 0 bridgehead atoms. The monoisotopic (exact) mass is 694 g/mol. The number of carbonyl (C=O) groups is 2. The van der Waals surface area contributed by atoms with E-state index in [1.54, 1.807) is 40.6 Å². The van der Waals surface area contributed by atoms with E-state index < -0.39 is 7.82 Å². The lowest BCUT2D eigenvalue weighted by Gasteiger charge is -2.16. The Morgan fingerprint density at radius 1 is 0.510 bits per heavy atom. The van der Waals surface area contributed by atoms with Crippen molar-refractivity contribution in [3.63, 3.8) is 0 Å². The van der Waals surface area contributed by atoms with Gasteiger partial charge >= 0.3 is 7.82 Å². The van der Waals surface area contributed by atoms with Crippen LogP contribution in [0.1, 0.15) is 44.7 Å². The van der Waals surface area contributed by atoms with Crippen molar-refractivity contribution in [1.29, 1.82) is 0 Å². The van der Waals surface area contributed by atoms with Crippen molar-refractivity contribution < 1.29 is 56.5 Å². The Bertz CT molecular complexity index is 1660. The molecule has 13 heteroatoms. The molecule has 0 heterocycles. The van der Waals surface area contributed by atoms with Crippen molar-refractivity contribution in [2.24, 2.45) is 0 Å². The molecule has 0 atom stereocenters. The zero-order chi connectivity index (χ0) is 35.6. The Morgan fingerprint density at radius 3 is 1.16 bits per heavy atom. The van der Waals surface area contributed by atoms with E-state index in [-0.39, 0.29) is 58.5 Å². The second-order valence-corrected chi connectivity index (χ2v) is 12.0. The van der Waals surface area contributed by atoms with Crippen LogP contribution >= 0.6 is 7.82 Å². The average Bonchev–Trinajstić information content (AvgIpc) is 3.11. The average molecular weight is 695 g/mol. The summed E-state index contributed by atoms with van der Waals surface area (Å²) in [4.78, 5) is 36.7. The fourth-order valence-corrected chi connectivity index (χ4v) is 5.81. The molecule has 12 nitrogen and oxygen atoms in total. The summed E-state index contributed by atoms with van der Waals surface area (Å²) in [6.07, 6.45) is 1.15. The molecule has 260 valence electrons. The number of ketones is 2. The van der Waals surface area contributed by atoms with E-state index in [0.29, 0.717) is 35.8 Å². The first-order chi connectivity index (χ1) is 23.5. The van der Waals surface area contributed by atoms with Gasteiger partial charge in [-0.1, -0.05) is 0 Å². The van der Waals surface area contributed by atoms with Gasteiger partial charge in [-0.25, -0.2) is 4.57 Å². The third-order valence-corrected chi connectivity index (χ3v) is 8.38. The number of ether oxygens (including phenoxy) is 6. The first kappa shape index (κ1) is 36.6. The highest BCUT2D eigenvalue weighted by atomic mass is 31.2. The molecule has 0 aliphatic carbocycles. The van der Waals surface area contributed by atoms with E-state index in [9.17, 15) is 19.0 Å². The number of aryl methyl sites for hydroxylation is 2. The van der Waals surface area contributed by atoms with Crippen molar-refractivity contribution in [3.8, 4) is 46.0 Å². The van der Waals surface area contributed by atoms with Crippen LogP contribution in [-0.4, -0.2) is 59.1 Å². The molecule has 0 fully saturated rings. The summed E-state index contributed by atoms with van der Waals surface area (Å²) < 4.78 is 55.5. The smallest absolute Gasteiger partial charge is 0.497 e. The first-order valence-electron chi connectivity index (χ1n) is 15.1. The molecule has 0 spiro atoms. The molecule has 1 N–H and O–H groups in total. The highest BCUT2D eigenvalue weighted by Crippen LogP contribution is 2.46. The molecule has 49 heavy (non-hydrogen) atoms. The summed E-state index contributed by atoms with van der Waals surface area (Å²) in [6.45, 7) is 0. The quantitative estimate of drug-likeness (QED) is 0.0852. The van der Waals surface area contributed by atoms with Crippen molar-refractivity contribution in [2.45, 2.75) is 25.7 Å². The number of methoxy groups -OCH3 is 6. The second-order valence-electron chi connectivity index (χ2n) is 10.7. The van der Waals surface area contributed by atoms with Crippen LogP contribution in [0.25, 0.3) is 0 Å². The fraction of sp³-hybridized carbons (Fsp3) is 0.278. The minimum atomic E-state index is -4.74. The van der Waals surface area contributed by atoms with Gasteiger partial charge in [0.1, 0.15) is 46.0 Å². The second kappa shape index (κ2) is 16.8. The van der Waals surface area contributed by atoms with Gasteiger partial charge in [0.15, 0.2) is 11.6 Å². The molecule has 0 aliphatic rings. The minimum Gasteiger partial charge on any atom is -0.497 e. The number of Topliss-reactive ketones (excluding diaryl/α,β-unsaturated/α-hetero) is 2. The Balaban J connectivity index is 1.40. The normalized spacial score (nSPS) is 10.9. The number of phosphoric ester groups is 1. The molecule has 4 rings (SSSR count). The molecule has 0 amide bonds. The van der Waals surface area contributed by atoms with Crippen LogP contribution in [0.5, 0.6) is 46.0 Å². The lowest BCUT2D eigenvalue weighted by molar-refractivity contribution is 0.0971. The van der Waals surface area contributed by atoms with E-state index in [0.717, 1.165) is 11.1 Å². The molecular weight excluding hydrogens is 655 g/mol. The van der Waals surface area contributed by atoms with Crippen LogP contribution in [0.3, 0.4) is 0 Å².